The number of hydrogen-bond donors (Lipinski definition) is 3. The fraction of sp³-hybridized carbons (Fsp3) is 0.423. The number of fused-ring (bicyclic) bond motifs is 3. The second-order valence-corrected chi connectivity index (χ2v) is 9.36. The van der Waals surface area contributed by atoms with Gasteiger partial charge in [0.1, 0.15) is 12.6 Å². The number of carboxylic acid groups (broad SMARTS) is 1. The molecule has 2 aromatic rings. The first-order valence-corrected chi connectivity index (χ1v) is 11.5. The maximum Gasteiger partial charge on any atom is 0.407 e. The molecular weight excluding hydrogens is 420 g/mol. The molecule has 174 valence electrons. The van der Waals surface area contributed by atoms with Crippen LogP contribution in [0.15, 0.2) is 48.5 Å². The van der Waals surface area contributed by atoms with Crippen molar-refractivity contribution in [1.82, 2.24) is 10.6 Å². The first kappa shape index (κ1) is 22.8. The molecule has 0 bridgehead atoms. The third-order valence-electron chi connectivity index (χ3n) is 6.49. The van der Waals surface area contributed by atoms with Gasteiger partial charge < -0.3 is 20.5 Å². The van der Waals surface area contributed by atoms with E-state index >= 15 is 0 Å². The predicted molar refractivity (Wildman–Crippen MR) is 124 cm³/mol. The first-order chi connectivity index (χ1) is 15.8. The van der Waals surface area contributed by atoms with E-state index in [0.29, 0.717) is 19.3 Å². The zero-order chi connectivity index (χ0) is 23.5. The molecule has 2 aliphatic carbocycles. The summed E-state index contributed by atoms with van der Waals surface area (Å²) in [5, 5.41) is 14.6. The number of benzene rings is 2. The van der Waals surface area contributed by atoms with Gasteiger partial charge in [-0.1, -0.05) is 62.4 Å². The van der Waals surface area contributed by atoms with Gasteiger partial charge in [0.15, 0.2) is 0 Å². The van der Waals surface area contributed by atoms with Gasteiger partial charge in [-0.3, -0.25) is 9.59 Å². The number of carbonyl (C=O) groups excluding carboxylic acids is 2. The fourth-order valence-electron chi connectivity index (χ4n) is 4.72. The Morgan fingerprint density at radius 2 is 1.58 bits per heavy atom. The van der Waals surface area contributed by atoms with E-state index in [1.807, 2.05) is 38.1 Å². The molecule has 0 aliphatic heterocycles. The molecule has 4 rings (SSSR count). The number of carbonyl (C=O) groups is 3. The Morgan fingerprint density at radius 1 is 1.00 bits per heavy atom. The van der Waals surface area contributed by atoms with Gasteiger partial charge in [-0.2, -0.15) is 0 Å². The molecule has 1 saturated carbocycles. The Labute approximate surface area is 193 Å². The normalized spacial score (nSPS) is 19.7. The number of ether oxygens (including phenoxy) is 1. The Kier molecular flexibility index (Phi) is 6.67. The molecule has 3 N–H and O–H groups in total. The molecule has 0 radical (unpaired) electrons. The maximum atomic E-state index is 12.8. The molecule has 2 aliphatic rings. The van der Waals surface area contributed by atoms with Gasteiger partial charge >= 0.3 is 12.1 Å². The Balaban J connectivity index is 1.36. The Bertz CT molecular complexity index is 999. The van der Waals surface area contributed by atoms with Crippen molar-refractivity contribution in [3.63, 3.8) is 0 Å². The van der Waals surface area contributed by atoms with Crippen LogP contribution in [0.5, 0.6) is 0 Å². The zero-order valence-corrected chi connectivity index (χ0v) is 18.9. The molecule has 7 nitrogen and oxygen atoms in total. The highest BCUT2D eigenvalue weighted by atomic mass is 16.5. The number of carboxylic acids is 1. The lowest BCUT2D eigenvalue weighted by atomic mass is 9.80. The highest BCUT2D eigenvalue weighted by Crippen LogP contribution is 2.44. The molecule has 0 spiro atoms. The summed E-state index contributed by atoms with van der Waals surface area (Å²) < 4.78 is 5.59. The van der Waals surface area contributed by atoms with Gasteiger partial charge in [0, 0.05) is 12.0 Å². The molecule has 0 heterocycles. The molecule has 1 unspecified atom stereocenters. The molecule has 2 amide bonds. The van der Waals surface area contributed by atoms with Crippen LogP contribution in [0.2, 0.25) is 0 Å². The number of amides is 2. The van der Waals surface area contributed by atoms with Crippen LogP contribution in [0.3, 0.4) is 0 Å². The smallest absolute Gasteiger partial charge is 0.407 e. The van der Waals surface area contributed by atoms with Gasteiger partial charge in [-0.15, -0.1) is 0 Å². The molecule has 1 fully saturated rings. The second kappa shape index (κ2) is 9.65. The van der Waals surface area contributed by atoms with Crippen molar-refractivity contribution < 1.29 is 24.2 Å². The first-order valence-electron chi connectivity index (χ1n) is 11.5. The molecule has 2 aromatic carbocycles. The summed E-state index contributed by atoms with van der Waals surface area (Å²) in [4.78, 5) is 36.4. The van der Waals surface area contributed by atoms with E-state index < -0.39 is 24.0 Å². The molecular formula is C26H30N2O5. The Morgan fingerprint density at radius 3 is 2.12 bits per heavy atom. The van der Waals surface area contributed by atoms with Gasteiger partial charge in [0.2, 0.25) is 5.91 Å². The van der Waals surface area contributed by atoms with E-state index in [0.717, 1.165) is 22.3 Å². The van der Waals surface area contributed by atoms with E-state index in [2.05, 4.69) is 34.9 Å². The Hall–Kier alpha value is -3.35. The fourth-order valence-corrected chi connectivity index (χ4v) is 4.72. The van der Waals surface area contributed by atoms with Crippen molar-refractivity contribution in [2.24, 2.45) is 11.8 Å². The average Bonchev–Trinajstić information content (AvgIpc) is 3.07. The van der Waals surface area contributed by atoms with Crippen molar-refractivity contribution in [2.75, 3.05) is 6.61 Å². The van der Waals surface area contributed by atoms with Gasteiger partial charge in [0.05, 0.1) is 5.92 Å². The third-order valence-corrected chi connectivity index (χ3v) is 6.49. The third kappa shape index (κ3) is 5.02. The average molecular weight is 451 g/mol. The lowest BCUT2D eigenvalue weighted by Gasteiger charge is -2.34. The lowest BCUT2D eigenvalue weighted by Crippen LogP contribution is -2.54. The minimum atomic E-state index is -0.837. The monoisotopic (exact) mass is 450 g/mol. The van der Waals surface area contributed by atoms with E-state index in [9.17, 15) is 14.4 Å². The van der Waals surface area contributed by atoms with E-state index in [4.69, 9.17) is 9.84 Å². The summed E-state index contributed by atoms with van der Waals surface area (Å²) in [6, 6.07) is 15.3. The van der Waals surface area contributed by atoms with Crippen LogP contribution >= 0.6 is 0 Å². The largest absolute Gasteiger partial charge is 0.481 e. The summed E-state index contributed by atoms with van der Waals surface area (Å²) in [7, 11) is 0. The molecule has 33 heavy (non-hydrogen) atoms. The minimum absolute atomic E-state index is 0.0524. The topological polar surface area (TPSA) is 105 Å². The number of hydrogen-bond acceptors (Lipinski definition) is 4. The number of aliphatic carboxylic acids is 1. The van der Waals surface area contributed by atoms with Crippen LogP contribution in [-0.2, 0) is 14.3 Å². The SMILES string of the molecule is CC(C)CC(NC(=O)OCC1c2ccccc2-c2ccccc21)C(=O)NC1CC(C(=O)O)C1. The molecule has 0 saturated heterocycles. The quantitative estimate of drug-likeness (QED) is 0.565. The summed E-state index contributed by atoms with van der Waals surface area (Å²) in [5.74, 6) is -1.41. The van der Waals surface area contributed by atoms with Gasteiger partial charge in [-0.05, 0) is 47.4 Å². The lowest BCUT2D eigenvalue weighted by molar-refractivity contribution is -0.146. The standard InChI is InChI=1S/C26H30N2O5/c1-15(2)11-23(24(29)27-17-12-16(13-17)25(30)31)28-26(32)33-14-22-20-9-5-3-7-18(20)19-8-4-6-10-21(19)22/h3-10,15-17,22-23H,11-14H2,1-2H3,(H,27,29)(H,28,32)(H,30,31). The van der Waals surface area contributed by atoms with Crippen molar-refractivity contribution in [3.05, 3.63) is 59.7 Å². The molecule has 7 heteroatoms. The van der Waals surface area contributed by atoms with Crippen LogP contribution in [0, 0.1) is 11.8 Å². The summed E-state index contributed by atoms with van der Waals surface area (Å²) in [6.45, 7) is 4.13. The van der Waals surface area contributed by atoms with Crippen LogP contribution in [0.1, 0.15) is 50.2 Å². The van der Waals surface area contributed by atoms with E-state index in [-0.39, 0.29) is 30.4 Å². The maximum absolute atomic E-state index is 12.8. The van der Waals surface area contributed by atoms with Crippen molar-refractivity contribution in [1.29, 1.82) is 0 Å². The zero-order valence-electron chi connectivity index (χ0n) is 18.9. The number of nitrogens with one attached hydrogen (secondary N) is 2. The summed E-state index contributed by atoms with van der Waals surface area (Å²) in [5.41, 5.74) is 4.56. The van der Waals surface area contributed by atoms with Crippen LogP contribution < -0.4 is 10.6 Å². The predicted octanol–water partition coefficient (Wildman–Crippen LogP) is 3.92. The second-order valence-electron chi connectivity index (χ2n) is 9.36. The van der Waals surface area contributed by atoms with Crippen molar-refractivity contribution in [3.8, 4) is 11.1 Å². The number of alkyl carbamates (subject to hydrolysis) is 1. The molecule has 1 atom stereocenters. The minimum Gasteiger partial charge on any atom is -0.481 e. The van der Waals surface area contributed by atoms with E-state index in [1.54, 1.807) is 0 Å². The van der Waals surface area contributed by atoms with Gasteiger partial charge in [-0.25, -0.2) is 4.79 Å². The van der Waals surface area contributed by atoms with Crippen molar-refractivity contribution >= 4 is 18.0 Å². The highest BCUT2D eigenvalue weighted by Gasteiger charge is 2.37. The summed E-state index contributed by atoms with van der Waals surface area (Å²) in [6.07, 6.45) is 0.668. The van der Waals surface area contributed by atoms with Crippen LogP contribution in [-0.4, -0.2) is 41.8 Å². The summed E-state index contributed by atoms with van der Waals surface area (Å²) >= 11 is 0. The van der Waals surface area contributed by atoms with Crippen LogP contribution in [0.4, 0.5) is 4.79 Å². The van der Waals surface area contributed by atoms with Gasteiger partial charge in [0.25, 0.3) is 0 Å². The van der Waals surface area contributed by atoms with Crippen LogP contribution in [0.25, 0.3) is 11.1 Å². The van der Waals surface area contributed by atoms with Crippen molar-refractivity contribution in [2.45, 2.75) is 51.1 Å². The molecule has 0 aromatic heterocycles. The highest BCUT2D eigenvalue weighted by molar-refractivity contribution is 5.86. The van der Waals surface area contributed by atoms with E-state index in [1.165, 1.54) is 0 Å². The number of rotatable bonds is 8.